The van der Waals surface area contributed by atoms with Gasteiger partial charge < -0.3 is 20.2 Å². The Bertz CT molecular complexity index is 678. The van der Waals surface area contributed by atoms with E-state index in [9.17, 15) is 4.79 Å². The van der Waals surface area contributed by atoms with Crippen molar-refractivity contribution in [1.29, 1.82) is 0 Å². The minimum atomic E-state index is -0.476. The van der Waals surface area contributed by atoms with E-state index in [2.05, 4.69) is 22.1 Å². The lowest BCUT2D eigenvalue weighted by atomic mass is 10.2. The second-order valence-corrected chi connectivity index (χ2v) is 5.22. The first-order valence-corrected chi connectivity index (χ1v) is 7.16. The molecule has 7 heteroatoms. The number of nitrogens with two attached hydrogens (primary N) is 1. The summed E-state index contributed by atoms with van der Waals surface area (Å²) in [7, 11) is 0. The summed E-state index contributed by atoms with van der Waals surface area (Å²) in [5.74, 6) is -0.476. The number of nitrogens with one attached hydrogen (secondary N) is 2. The monoisotopic (exact) mass is 292 g/mol. The number of hydrogen-bond acceptors (Lipinski definition) is 6. The highest BCUT2D eigenvalue weighted by Gasteiger charge is 2.19. The average Bonchev–Trinajstić information content (AvgIpc) is 2.84. The summed E-state index contributed by atoms with van der Waals surface area (Å²) in [5, 5.41) is 3.29. The van der Waals surface area contributed by atoms with Crippen LogP contribution in [-0.4, -0.2) is 48.8 Å². The second-order valence-electron chi connectivity index (χ2n) is 5.22. The number of aromatic nitrogens is 1. The predicted octanol–water partition coefficient (Wildman–Crippen LogP) is 0.836. The summed E-state index contributed by atoms with van der Waals surface area (Å²) in [5.41, 5.74) is 8.40. The van der Waals surface area contributed by atoms with E-state index in [1.54, 1.807) is 12.1 Å². The third kappa shape index (κ3) is 3.03. The molecule has 0 bridgehead atoms. The van der Waals surface area contributed by atoms with Crippen molar-refractivity contribution < 1.29 is 9.15 Å². The van der Waals surface area contributed by atoms with Crippen LogP contribution in [0.3, 0.4) is 0 Å². The van der Waals surface area contributed by atoms with Crippen molar-refractivity contribution in [2.75, 3.05) is 43.8 Å². The molecule has 114 valence electrons. The zero-order valence-electron chi connectivity index (χ0n) is 12.0. The Labute approximate surface area is 122 Å². The number of likely N-dealkylation sites (N-methyl/N-ethyl adjacent to an activating group) is 1. The molecule has 1 aromatic heterocycles. The SMILES string of the molecule is CCN1CCOC(CNc2cc3[nH]c(=O)oc3cc2N)C1. The van der Waals surface area contributed by atoms with Gasteiger partial charge in [0.15, 0.2) is 5.58 Å². The summed E-state index contributed by atoms with van der Waals surface area (Å²) in [6.07, 6.45) is 0.136. The largest absolute Gasteiger partial charge is 0.417 e. The fourth-order valence-corrected chi connectivity index (χ4v) is 2.58. The molecule has 1 fully saturated rings. The maximum atomic E-state index is 11.2. The topological polar surface area (TPSA) is 96.5 Å². The van der Waals surface area contributed by atoms with E-state index in [1.807, 2.05) is 0 Å². The van der Waals surface area contributed by atoms with Crippen molar-refractivity contribution in [3.8, 4) is 0 Å². The van der Waals surface area contributed by atoms with Crippen molar-refractivity contribution in [1.82, 2.24) is 9.88 Å². The van der Waals surface area contributed by atoms with Gasteiger partial charge in [0.2, 0.25) is 0 Å². The number of oxazole rings is 1. The summed E-state index contributed by atoms with van der Waals surface area (Å²) in [4.78, 5) is 16.2. The summed E-state index contributed by atoms with van der Waals surface area (Å²) < 4.78 is 10.7. The standard InChI is InChI=1S/C14H20N4O3/c1-2-18-3-4-20-9(8-18)7-16-11-6-12-13(5-10(11)15)21-14(19)17-12/h5-6,9,16H,2-4,7-8,15H2,1H3,(H,17,19). The molecule has 1 aromatic carbocycles. The molecule has 3 rings (SSSR count). The van der Waals surface area contributed by atoms with Crippen LogP contribution in [0.1, 0.15) is 6.92 Å². The molecule has 1 saturated heterocycles. The molecule has 0 saturated carbocycles. The van der Waals surface area contributed by atoms with Crippen LogP contribution in [0.2, 0.25) is 0 Å². The number of anilines is 2. The summed E-state index contributed by atoms with van der Waals surface area (Å²) in [6, 6.07) is 3.44. The maximum absolute atomic E-state index is 11.2. The number of nitrogen functional groups attached to an aromatic ring is 1. The molecule has 0 radical (unpaired) electrons. The van der Waals surface area contributed by atoms with Gasteiger partial charge in [-0.1, -0.05) is 6.92 Å². The number of benzene rings is 1. The predicted molar refractivity (Wildman–Crippen MR) is 81.6 cm³/mol. The molecular formula is C14H20N4O3. The summed E-state index contributed by atoms with van der Waals surface area (Å²) >= 11 is 0. The van der Waals surface area contributed by atoms with Gasteiger partial charge in [0.1, 0.15) is 0 Å². The molecule has 0 spiro atoms. The van der Waals surface area contributed by atoms with Crippen molar-refractivity contribution in [3.63, 3.8) is 0 Å². The Kier molecular flexibility index (Phi) is 3.85. The number of rotatable bonds is 4. The Morgan fingerprint density at radius 1 is 1.52 bits per heavy atom. The minimum Gasteiger partial charge on any atom is -0.408 e. The van der Waals surface area contributed by atoms with Crippen LogP contribution in [0.5, 0.6) is 0 Å². The molecule has 1 aliphatic heterocycles. The first kappa shape index (κ1) is 14.0. The van der Waals surface area contributed by atoms with E-state index in [0.717, 1.165) is 31.9 Å². The molecule has 2 heterocycles. The third-order valence-electron chi connectivity index (χ3n) is 3.78. The Morgan fingerprint density at radius 2 is 2.38 bits per heavy atom. The highest BCUT2D eigenvalue weighted by molar-refractivity contribution is 5.85. The lowest BCUT2D eigenvalue weighted by molar-refractivity contribution is -0.0191. The van der Waals surface area contributed by atoms with Crippen LogP contribution < -0.4 is 16.8 Å². The quantitative estimate of drug-likeness (QED) is 0.723. The fourth-order valence-electron chi connectivity index (χ4n) is 2.58. The van der Waals surface area contributed by atoms with Crippen LogP contribution >= 0.6 is 0 Å². The number of hydrogen-bond donors (Lipinski definition) is 3. The van der Waals surface area contributed by atoms with Crippen LogP contribution in [0.25, 0.3) is 11.1 Å². The average molecular weight is 292 g/mol. The number of ether oxygens (including phenoxy) is 1. The van der Waals surface area contributed by atoms with Gasteiger partial charge in [0.05, 0.1) is 29.6 Å². The number of H-pyrrole nitrogens is 1. The zero-order valence-corrected chi connectivity index (χ0v) is 12.0. The molecule has 1 aliphatic rings. The Balaban J connectivity index is 1.69. The maximum Gasteiger partial charge on any atom is 0.417 e. The highest BCUT2D eigenvalue weighted by atomic mass is 16.5. The summed E-state index contributed by atoms with van der Waals surface area (Å²) in [6.45, 7) is 6.50. The lowest BCUT2D eigenvalue weighted by Gasteiger charge is -2.32. The smallest absolute Gasteiger partial charge is 0.408 e. The molecule has 4 N–H and O–H groups in total. The third-order valence-corrected chi connectivity index (χ3v) is 3.78. The van der Waals surface area contributed by atoms with E-state index < -0.39 is 5.76 Å². The van der Waals surface area contributed by atoms with Crippen molar-refractivity contribution in [3.05, 3.63) is 22.7 Å². The van der Waals surface area contributed by atoms with Crippen LogP contribution in [0, 0.1) is 0 Å². The first-order valence-electron chi connectivity index (χ1n) is 7.16. The molecular weight excluding hydrogens is 272 g/mol. The molecule has 1 atom stereocenters. The van der Waals surface area contributed by atoms with E-state index in [-0.39, 0.29) is 6.10 Å². The van der Waals surface area contributed by atoms with Gasteiger partial charge in [-0.2, -0.15) is 0 Å². The van der Waals surface area contributed by atoms with Crippen LogP contribution in [0.4, 0.5) is 11.4 Å². The van der Waals surface area contributed by atoms with E-state index in [1.165, 1.54) is 0 Å². The molecule has 1 unspecified atom stereocenters. The fraction of sp³-hybridized carbons (Fsp3) is 0.500. The van der Waals surface area contributed by atoms with E-state index >= 15 is 0 Å². The number of nitrogens with zero attached hydrogens (tertiary/aromatic N) is 1. The molecule has 0 aliphatic carbocycles. The normalized spacial score (nSPS) is 20.0. The van der Waals surface area contributed by atoms with Gasteiger partial charge >= 0.3 is 5.76 Å². The van der Waals surface area contributed by atoms with Crippen molar-refractivity contribution >= 4 is 22.5 Å². The first-order chi connectivity index (χ1) is 10.2. The number of fused-ring (bicyclic) bond motifs is 1. The van der Waals surface area contributed by atoms with Crippen molar-refractivity contribution in [2.24, 2.45) is 0 Å². The highest BCUT2D eigenvalue weighted by Crippen LogP contribution is 2.24. The number of aromatic amines is 1. The van der Waals surface area contributed by atoms with E-state index in [4.69, 9.17) is 14.9 Å². The van der Waals surface area contributed by atoms with Crippen LogP contribution in [-0.2, 0) is 4.74 Å². The van der Waals surface area contributed by atoms with Gasteiger partial charge in [0.25, 0.3) is 0 Å². The molecule has 2 aromatic rings. The van der Waals surface area contributed by atoms with Crippen molar-refractivity contribution in [2.45, 2.75) is 13.0 Å². The van der Waals surface area contributed by atoms with Gasteiger partial charge in [-0.15, -0.1) is 0 Å². The van der Waals surface area contributed by atoms with Gasteiger partial charge in [-0.05, 0) is 12.6 Å². The Morgan fingerprint density at radius 3 is 3.19 bits per heavy atom. The minimum absolute atomic E-state index is 0.136. The van der Waals surface area contributed by atoms with Gasteiger partial charge in [-0.25, -0.2) is 4.79 Å². The van der Waals surface area contributed by atoms with Crippen LogP contribution in [0.15, 0.2) is 21.3 Å². The molecule has 7 nitrogen and oxygen atoms in total. The molecule has 21 heavy (non-hydrogen) atoms. The number of morpholine rings is 1. The second kappa shape index (κ2) is 5.79. The zero-order chi connectivity index (χ0) is 14.8. The lowest BCUT2D eigenvalue weighted by Crippen LogP contribution is -2.45. The molecule has 0 amide bonds. The Hall–Kier alpha value is -1.99. The van der Waals surface area contributed by atoms with E-state index in [0.29, 0.717) is 23.3 Å². The van der Waals surface area contributed by atoms with Gasteiger partial charge in [0, 0.05) is 25.7 Å². The van der Waals surface area contributed by atoms with Gasteiger partial charge in [-0.3, -0.25) is 9.88 Å².